The van der Waals surface area contributed by atoms with E-state index >= 15 is 0 Å². The number of aryl methyl sites for hydroxylation is 1. The van der Waals surface area contributed by atoms with E-state index in [4.69, 9.17) is 14.7 Å². The van der Waals surface area contributed by atoms with E-state index < -0.39 is 0 Å². The Morgan fingerprint density at radius 3 is 2.89 bits per heavy atom. The van der Waals surface area contributed by atoms with Gasteiger partial charge in [0.2, 0.25) is 5.95 Å². The fourth-order valence-corrected chi connectivity index (χ4v) is 3.48. The maximum Gasteiger partial charge on any atom is 0.309 e. The number of rotatable bonds is 6. The molecule has 1 N–H and O–H groups in total. The molecule has 1 atom stereocenters. The molecule has 1 aliphatic carbocycles. The van der Waals surface area contributed by atoms with Crippen LogP contribution in [0.1, 0.15) is 30.2 Å². The summed E-state index contributed by atoms with van der Waals surface area (Å²) in [4.78, 5) is 25.8. The van der Waals surface area contributed by atoms with Gasteiger partial charge in [0.05, 0.1) is 18.2 Å². The summed E-state index contributed by atoms with van der Waals surface area (Å²) < 4.78 is 7.03. The fraction of sp³-hybridized carbons (Fsp3) is 0.333. The van der Waals surface area contributed by atoms with Crippen molar-refractivity contribution < 1.29 is 9.53 Å². The van der Waals surface area contributed by atoms with Crippen LogP contribution >= 0.6 is 0 Å². The molecule has 144 valence electrons. The van der Waals surface area contributed by atoms with Crippen molar-refractivity contribution in [2.24, 2.45) is 5.92 Å². The fourth-order valence-electron chi connectivity index (χ4n) is 3.48. The minimum atomic E-state index is -0.146. The van der Waals surface area contributed by atoms with Gasteiger partial charge in [-0.15, -0.1) is 0 Å². The summed E-state index contributed by atoms with van der Waals surface area (Å²) in [7, 11) is 0. The smallest absolute Gasteiger partial charge is 0.309 e. The molecule has 28 heavy (non-hydrogen) atoms. The van der Waals surface area contributed by atoms with Crippen LogP contribution in [0.5, 0.6) is 0 Å². The number of hydrogen-bond acceptors (Lipinski definition) is 6. The Morgan fingerprint density at radius 1 is 1.29 bits per heavy atom. The van der Waals surface area contributed by atoms with Gasteiger partial charge in [0.1, 0.15) is 12.1 Å². The topological polar surface area (TPSA) is 81.9 Å². The monoisotopic (exact) mass is 377 g/mol. The Hall–Kier alpha value is -3.22. The molecule has 1 aromatic carbocycles. The second kappa shape index (κ2) is 8.21. The molecule has 0 fully saturated rings. The Bertz CT molecular complexity index is 941. The molecule has 2 heterocycles. The molecule has 0 amide bonds. The lowest BCUT2D eigenvalue weighted by Crippen LogP contribution is -2.27. The van der Waals surface area contributed by atoms with Crippen LogP contribution in [0, 0.1) is 5.92 Å². The third-order valence-electron chi connectivity index (χ3n) is 4.92. The van der Waals surface area contributed by atoms with Gasteiger partial charge >= 0.3 is 5.97 Å². The minimum Gasteiger partial charge on any atom is -0.466 e. The van der Waals surface area contributed by atoms with Crippen molar-refractivity contribution >= 4 is 11.8 Å². The first-order valence-electron chi connectivity index (χ1n) is 9.57. The van der Waals surface area contributed by atoms with E-state index in [-0.39, 0.29) is 11.9 Å². The number of ether oxygens (including phenoxy) is 1. The maximum absolute atomic E-state index is 12.3. The lowest BCUT2D eigenvalue weighted by molar-refractivity contribution is -0.148. The molecule has 1 unspecified atom stereocenters. The van der Waals surface area contributed by atoms with Crippen molar-refractivity contribution in [2.75, 3.05) is 11.9 Å². The molecule has 3 aromatic rings. The number of nitrogens with zero attached hydrogens (tertiary/aromatic N) is 4. The number of esters is 1. The van der Waals surface area contributed by atoms with Gasteiger partial charge in [-0.2, -0.15) is 4.98 Å². The van der Waals surface area contributed by atoms with E-state index in [0.29, 0.717) is 25.5 Å². The number of carbonyl (C=O) groups is 1. The molecule has 0 bridgehead atoms. The van der Waals surface area contributed by atoms with Gasteiger partial charge in [0, 0.05) is 24.5 Å². The highest BCUT2D eigenvalue weighted by Crippen LogP contribution is 2.30. The zero-order valence-corrected chi connectivity index (χ0v) is 15.8. The SMILES string of the molecule is CCOC(=O)C1CCc2nc(-n3ccnc3)nc(NCc3ccccc3)c2C1. The van der Waals surface area contributed by atoms with Gasteiger partial charge < -0.3 is 10.1 Å². The predicted octanol–water partition coefficient (Wildman–Crippen LogP) is 2.94. The van der Waals surface area contributed by atoms with E-state index in [1.807, 2.05) is 31.3 Å². The largest absolute Gasteiger partial charge is 0.466 e. The van der Waals surface area contributed by atoms with Crippen molar-refractivity contribution in [3.8, 4) is 5.95 Å². The molecule has 1 aliphatic rings. The van der Waals surface area contributed by atoms with Crippen LogP contribution in [0.15, 0.2) is 49.1 Å². The summed E-state index contributed by atoms with van der Waals surface area (Å²) in [6, 6.07) is 10.2. The van der Waals surface area contributed by atoms with Gasteiger partial charge in [-0.25, -0.2) is 9.97 Å². The van der Waals surface area contributed by atoms with Crippen LogP contribution < -0.4 is 5.32 Å². The number of fused-ring (bicyclic) bond motifs is 1. The van der Waals surface area contributed by atoms with Crippen molar-refractivity contribution in [2.45, 2.75) is 32.7 Å². The Balaban J connectivity index is 1.65. The highest BCUT2D eigenvalue weighted by atomic mass is 16.5. The maximum atomic E-state index is 12.3. The number of benzene rings is 1. The summed E-state index contributed by atoms with van der Waals surface area (Å²) in [6.45, 7) is 2.89. The third kappa shape index (κ3) is 3.88. The van der Waals surface area contributed by atoms with Crippen LogP contribution in [0.25, 0.3) is 5.95 Å². The summed E-state index contributed by atoms with van der Waals surface area (Å²) in [6.07, 6.45) is 7.28. The second-order valence-electron chi connectivity index (χ2n) is 6.80. The Labute approximate surface area is 163 Å². The van der Waals surface area contributed by atoms with Gasteiger partial charge in [-0.05, 0) is 31.7 Å². The van der Waals surface area contributed by atoms with Crippen LogP contribution in [0.4, 0.5) is 5.82 Å². The van der Waals surface area contributed by atoms with Crippen molar-refractivity contribution in [1.82, 2.24) is 19.5 Å². The summed E-state index contributed by atoms with van der Waals surface area (Å²) >= 11 is 0. The van der Waals surface area contributed by atoms with Gasteiger partial charge in [0.25, 0.3) is 0 Å². The van der Waals surface area contributed by atoms with E-state index in [0.717, 1.165) is 35.5 Å². The predicted molar refractivity (Wildman–Crippen MR) is 105 cm³/mol. The normalized spacial score (nSPS) is 15.7. The number of nitrogens with one attached hydrogen (secondary N) is 1. The minimum absolute atomic E-state index is 0.138. The van der Waals surface area contributed by atoms with Crippen LogP contribution in [0.3, 0.4) is 0 Å². The first kappa shape index (κ1) is 18.2. The number of hydrogen-bond donors (Lipinski definition) is 1. The van der Waals surface area contributed by atoms with Crippen LogP contribution in [-0.4, -0.2) is 32.1 Å². The molecule has 7 nitrogen and oxygen atoms in total. The van der Waals surface area contributed by atoms with E-state index in [1.165, 1.54) is 0 Å². The lowest BCUT2D eigenvalue weighted by atomic mass is 9.86. The zero-order chi connectivity index (χ0) is 19.3. The number of carbonyl (C=O) groups excluding carboxylic acids is 1. The Morgan fingerprint density at radius 2 is 2.14 bits per heavy atom. The van der Waals surface area contributed by atoms with Crippen LogP contribution in [-0.2, 0) is 28.9 Å². The van der Waals surface area contributed by atoms with Gasteiger partial charge in [-0.1, -0.05) is 30.3 Å². The molecular formula is C21H23N5O2. The highest BCUT2D eigenvalue weighted by molar-refractivity contribution is 5.74. The first-order chi connectivity index (χ1) is 13.7. The summed E-state index contributed by atoms with van der Waals surface area (Å²) in [5.41, 5.74) is 3.15. The summed E-state index contributed by atoms with van der Waals surface area (Å²) in [5.74, 6) is 1.07. The molecule has 4 rings (SSSR count). The second-order valence-corrected chi connectivity index (χ2v) is 6.80. The number of anilines is 1. The summed E-state index contributed by atoms with van der Waals surface area (Å²) in [5, 5.41) is 3.45. The quantitative estimate of drug-likeness (QED) is 0.665. The molecule has 0 spiro atoms. The van der Waals surface area contributed by atoms with Crippen LogP contribution in [0.2, 0.25) is 0 Å². The van der Waals surface area contributed by atoms with E-state index in [9.17, 15) is 4.79 Å². The number of imidazole rings is 1. The van der Waals surface area contributed by atoms with Crippen molar-refractivity contribution in [3.05, 3.63) is 65.9 Å². The highest BCUT2D eigenvalue weighted by Gasteiger charge is 2.29. The zero-order valence-electron chi connectivity index (χ0n) is 15.8. The first-order valence-corrected chi connectivity index (χ1v) is 9.57. The molecule has 0 aliphatic heterocycles. The van der Waals surface area contributed by atoms with Gasteiger partial charge in [0.15, 0.2) is 0 Å². The average molecular weight is 377 g/mol. The standard InChI is InChI=1S/C21H23N5O2/c1-2-28-20(27)16-8-9-18-17(12-16)19(23-13-15-6-4-3-5-7-15)25-21(24-18)26-11-10-22-14-26/h3-7,10-11,14,16H,2,8-9,12-13H2,1H3,(H,23,24,25). The average Bonchev–Trinajstić information content (AvgIpc) is 3.27. The Kier molecular flexibility index (Phi) is 5.32. The van der Waals surface area contributed by atoms with Crippen molar-refractivity contribution in [3.63, 3.8) is 0 Å². The van der Waals surface area contributed by atoms with Gasteiger partial charge in [-0.3, -0.25) is 9.36 Å². The molecule has 0 radical (unpaired) electrons. The molecule has 0 saturated carbocycles. The molecule has 0 saturated heterocycles. The lowest BCUT2D eigenvalue weighted by Gasteiger charge is -2.25. The van der Waals surface area contributed by atoms with E-state index in [2.05, 4.69) is 22.4 Å². The van der Waals surface area contributed by atoms with Crippen molar-refractivity contribution in [1.29, 1.82) is 0 Å². The molecule has 2 aromatic heterocycles. The molecule has 7 heteroatoms. The molecular weight excluding hydrogens is 354 g/mol. The van der Waals surface area contributed by atoms with E-state index in [1.54, 1.807) is 17.1 Å². The number of aromatic nitrogens is 4. The third-order valence-corrected chi connectivity index (χ3v) is 4.92.